The molecule has 506 valence electrons. The summed E-state index contributed by atoms with van der Waals surface area (Å²) in [5.41, 5.74) is 3.22. The van der Waals surface area contributed by atoms with Gasteiger partial charge in [0.1, 0.15) is 97.3 Å². The van der Waals surface area contributed by atoms with E-state index in [0.29, 0.717) is 96.0 Å². The number of allylic oxidation sites excluding steroid dienone is 12. The monoisotopic (exact) mass is 1300 g/mol. The molecule has 8 rings (SSSR count). The zero-order valence-electron chi connectivity index (χ0n) is 57.6. The van der Waals surface area contributed by atoms with Crippen LogP contribution in [0.2, 0.25) is 0 Å². The Bertz CT molecular complexity index is 3220. The Kier molecular flexibility index (Phi) is 24.3. The molecule has 0 unspecified atom stereocenters. The van der Waals surface area contributed by atoms with E-state index in [1.807, 2.05) is 65.2 Å². The molecule has 4 saturated heterocycles. The van der Waals surface area contributed by atoms with E-state index >= 15 is 0 Å². The van der Waals surface area contributed by atoms with Gasteiger partial charge in [-0.3, -0.25) is 9.80 Å². The van der Waals surface area contributed by atoms with Crippen molar-refractivity contribution in [2.75, 3.05) is 118 Å². The van der Waals surface area contributed by atoms with Gasteiger partial charge in [0.15, 0.2) is 0 Å². The van der Waals surface area contributed by atoms with E-state index in [1.54, 1.807) is 0 Å². The van der Waals surface area contributed by atoms with Crippen molar-refractivity contribution in [3.8, 4) is 48.6 Å². The fourth-order valence-electron chi connectivity index (χ4n) is 15.0. The van der Waals surface area contributed by atoms with Crippen LogP contribution < -0.4 is 0 Å². The number of hydrogen-bond acceptors (Lipinski definition) is 22. The number of hydrogen-bond donors (Lipinski definition) is 0. The van der Waals surface area contributed by atoms with Crippen LogP contribution >= 0.6 is 0 Å². The lowest BCUT2D eigenvalue weighted by molar-refractivity contribution is -0.141. The molecule has 8 aliphatic rings. The molecule has 4 aliphatic heterocycles. The highest BCUT2D eigenvalue weighted by Crippen LogP contribution is 2.49. The van der Waals surface area contributed by atoms with Crippen molar-refractivity contribution < 1.29 is 38.1 Å². The maximum absolute atomic E-state index is 14.2. The zero-order chi connectivity index (χ0) is 69.5. The summed E-state index contributed by atoms with van der Waals surface area (Å²) in [5, 5.41) is 84.7. The van der Waals surface area contributed by atoms with E-state index in [9.17, 15) is 61.3 Å². The molecule has 4 heterocycles. The minimum atomic E-state index is -0.910. The van der Waals surface area contributed by atoms with Crippen molar-refractivity contribution >= 4 is 23.9 Å². The maximum atomic E-state index is 14.2. The third-order valence-corrected chi connectivity index (χ3v) is 19.7. The first-order valence-electron chi connectivity index (χ1n) is 34.1. The fourth-order valence-corrected chi connectivity index (χ4v) is 15.0. The zero-order valence-corrected chi connectivity index (χ0v) is 57.6. The predicted molar refractivity (Wildman–Crippen MR) is 353 cm³/mol. The highest BCUT2D eigenvalue weighted by Gasteiger charge is 2.42. The summed E-state index contributed by atoms with van der Waals surface area (Å²) < 4.78 is 23.6. The smallest absolute Gasteiger partial charge is 0.349 e. The molecule has 0 radical (unpaired) electrons. The summed E-state index contributed by atoms with van der Waals surface area (Å²) in [4.78, 5) is 69.0. The van der Waals surface area contributed by atoms with E-state index in [0.717, 1.165) is 127 Å². The van der Waals surface area contributed by atoms with Gasteiger partial charge in [-0.1, -0.05) is 55.4 Å². The topological polar surface area (TPSA) is 315 Å². The molecule has 96 heavy (non-hydrogen) atoms. The van der Waals surface area contributed by atoms with Crippen LogP contribution in [0.3, 0.4) is 0 Å². The number of nitrogens with zero attached hydrogens (tertiary/aromatic N) is 14. The van der Waals surface area contributed by atoms with Gasteiger partial charge in [-0.25, -0.2) is 19.2 Å². The predicted octanol–water partition coefficient (Wildman–Crippen LogP) is 9.82. The molecule has 0 aromatic carbocycles. The van der Waals surface area contributed by atoms with Crippen LogP contribution in [0.5, 0.6) is 0 Å². The second-order valence-electron chi connectivity index (χ2n) is 29.7. The molecule has 4 fully saturated rings. The van der Waals surface area contributed by atoms with Crippen LogP contribution in [0.1, 0.15) is 158 Å². The molecule has 0 spiro atoms. The summed E-state index contributed by atoms with van der Waals surface area (Å²) in [5.74, 6) is -3.64. The summed E-state index contributed by atoms with van der Waals surface area (Å²) in [7, 11) is 0. The van der Waals surface area contributed by atoms with Crippen LogP contribution in [0.15, 0.2) is 89.7 Å². The summed E-state index contributed by atoms with van der Waals surface area (Å²) >= 11 is 0. The first kappa shape index (κ1) is 72.7. The Morgan fingerprint density at radius 2 is 0.510 bits per heavy atom. The lowest BCUT2D eigenvalue weighted by Gasteiger charge is -2.37. The maximum Gasteiger partial charge on any atom is 0.349 e. The van der Waals surface area contributed by atoms with Crippen LogP contribution in [-0.2, 0) is 38.1 Å². The molecule has 0 bridgehead atoms. The number of ether oxygens (including phenoxy) is 4. The molecular formula is C74H92N14O8. The van der Waals surface area contributed by atoms with Crippen molar-refractivity contribution in [2.45, 2.75) is 158 Å². The molecule has 0 atom stereocenters. The molecular weight excluding hydrogens is 1210 g/mol. The van der Waals surface area contributed by atoms with Crippen LogP contribution in [0.4, 0.5) is 0 Å². The molecule has 0 N–H and O–H groups in total. The lowest BCUT2D eigenvalue weighted by Crippen LogP contribution is -2.41. The highest BCUT2D eigenvalue weighted by molar-refractivity contribution is 5.97. The van der Waals surface area contributed by atoms with Gasteiger partial charge < -0.3 is 38.5 Å². The summed E-state index contributed by atoms with van der Waals surface area (Å²) in [6.45, 7) is 21.6. The highest BCUT2D eigenvalue weighted by atomic mass is 16.5. The van der Waals surface area contributed by atoms with Gasteiger partial charge in [0.2, 0.25) is 0 Å². The second kappa shape index (κ2) is 32.1. The number of esters is 4. The minimum Gasteiger partial charge on any atom is -0.460 e. The molecule has 0 saturated carbocycles. The quantitative estimate of drug-likeness (QED) is 0.0397. The Hall–Kier alpha value is -9.16. The van der Waals surface area contributed by atoms with Crippen LogP contribution in [0.25, 0.3) is 0 Å². The average molecular weight is 1310 g/mol. The molecule has 22 nitrogen and oxygen atoms in total. The fraction of sp³-hybridized carbons (Fsp3) is 0.622. The van der Waals surface area contributed by atoms with Gasteiger partial charge in [0.05, 0.1) is 22.3 Å². The number of likely N-dealkylation sites (tertiary alicyclic amines) is 4. The van der Waals surface area contributed by atoms with E-state index < -0.39 is 23.9 Å². The molecule has 0 aromatic heterocycles. The molecule has 22 heteroatoms. The van der Waals surface area contributed by atoms with E-state index in [4.69, 9.17) is 18.9 Å². The van der Waals surface area contributed by atoms with Gasteiger partial charge >= 0.3 is 23.9 Å². The van der Waals surface area contributed by atoms with Crippen molar-refractivity contribution in [1.82, 2.24) is 29.4 Å². The number of carbonyl (C=O) groups is 4. The number of nitriles is 8. The Balaban J connectivity index is 1.07. The van der Waals surface area contributed by atoms with Crippen molar-refractivity contribution in [3.05, 3.63) is 89.7 Å². The van der Waals surface area contributed by atoms with Gasteiger partial charge in [0, 0.05) is 114 Å². The Labute approximate surface area is 567 Å². The van der Waals surface area contributed by atoms with E-state index in [1.165, 1.54) is 0 Å². The van der Waals surface area contributed by atoms with Crippen molar-refractivity contribution in [1.29, 1.82) is 42.1 Å². The van der Waals surface area contributed by atoms with E-state index in [-0.39, 0.29) is 110 Å². The van der Waals surface area contributed by atoms with Gasteiger partial charge in [-0.05, 0) is 147 Å². The first-order chi connectivity index (χ1) is 45.8. The van der Waals surface area contributed by atoms with Gasteiger partial charge in [-0.2, -0.15) is 42.1 Å². The average Bonchev–Trinajstić information content (AvgIpc) is 1.32. The van der Waals surface area contributed by atoms with Crippen molar-refractivity contribution in [2.24, 2.45) is 21.7 Å². The third-order valence-electron chi connectivity index (χ3n) is 19.7. The minimum absolute atomic E-state index is 0.00866. The lowest BCUT2D eigenvalue weighted by atomic mass is 9.72. The molecule has 0 amide bonds. The van der Waals surface area contributed by atoms with Crippen molar-refractivity contribution in [3.63, 3.8) is 0 Å². The first-order valence-corrected chi connectivity index (χ1v) is 34.1. The van der Waals surface area contributed by atoms with Crippen LogP contribution in [-0.4, -0.2) is 171 Å². The molecule has 0 aromatic rings. The Morgan fingerprint density at radius 1 is 0.323 bits per heavy atom. The SMILES string of the molecule is CC1(C)CC(N2CCCC2)=C(C#N)/C(=C(/C#N)C(=O)OCCN(CCOC(=O)/C(C#N)=C2\CC(C)(C)CC(N3CCCC3)=C2C#N)CCN(CCOC(=O)/C(C#N)=C2\CC(C)(C)CC(N3CCCC3)=C2C#N)CCOC(=O)/C(C#N)=C2\CC(C)(C)CC(N3CCCC3)=C2C#N)C1. The largest absolute Gasteiger partial charge is 0.460 e. The summed E-state index contributed by atoms with van der Waals surface area (Å²) in [6, 6.07) is 17.5. The third kappa shape index (κ3) is 17.6. The summed E-state index contributed by atoms with van der Waals surface area (Å²) in [6.07, 6.45) is 11.3. The molecule has 4 aliphatic carbocycles. The number of carbonyl (C=O) groups excluding carboxylic acids is 4. The standard InChI is InChI=1S/C74H92N14O8/c1-71(2)35-51(55(43-75)63(39-71)85-17-9-10-18-85)59(47-79)67(89)93-31-27-83(28-32-94-68(90)60(48-80)52-36-72(3,4)40-64(56(52)44-76)86-19-11-12-20-86)25-26-84(29-33-95-69(91)61(49-81)53-37-73(5,6)41-65(57(53)45-77)87-21-13-14-22-87)30-34-96-70(92)62(50-82)54-38-74(7,8)42-66(58(54)46-78)88-23-15-16-24-88/h9-42H2,1-8H3/b59-51-,60-52+,61-53+,62-54+. The second-order valence-corrected chi connectivity index (χ2v) is 29.7. The van der Waals surface area contributed by atoms with E-state index in [2.05, 4.69) is 68.2 Å². The normalized spacial score (nSPS) is 22.6. The van der Waals surface area contributed by atoms with Gasteiger partial charge in [0.25, 0.3) is 0 Å². The van der Waals surface area contributed by atoms with Gasteiger partial charge in [-0.15, -0.1) is 0 Å². The Morgan fingerprint density at radius 3 is 0.677 bits per heavy atom. The van der Waals surface area contributed by atoms with Crippen LogP contribution in [0, 0.1) is 112 Å². The number of rotatable bonds is 23.